The molecule has 11 aromatic rings. The number of halogens is 1. The first kappa shape index (κ1) is 121. The molecule has 0 saturated carbocycles. The van der Waals surface area contributed by atoms with E-state index in [1.807, 2.05) is 128 Å². The molecule has 1 fully saturated rings. The van der Waals surface area contributed by atoms with Gasteiger partial charge in [-0.3, -0.25) is 34.0 Å². The summed E-state index contributed by atoms with van der Waals surface area (Å²) in [5.74, 6) is 4.17. The summed E-state index contributed by atoms with van der Waals surface area (Å²) in [5, 5.41) is 0.714. The van der Waals surface area contributed by atoms with Crippen LogP contribution in [0, 0.1) is 13.8 Å². The molecule has 0 spiro atoms. The average Bonchev–Trinajstić information content (AvgIpc) is 0.811. The molecule has 139 heavy (non-hydrogen) atoms. The van der Waals surface area contributed by atoms with E-state index in [-0.39, 0.29) is 23.9 Å². The van der Waals surface area contributed by atoms with E-state index in [0.29, 0.717) is 109 Å². The molecule has 1 aliphatic heterocycles. The fourth-order valence-corrected chi connectivity index (χ4v) is 16.4. The fraction of sp³-hybridized carbons (Fsp3) is 0.434. The van der Waals surface area contributed by atoms with Crippen molar-refractivity contribution in [3.63, 3.8) is 0 Å². The highest BCUT2D eigenvalue weighted by Gasteiger charge is 2.20. The first-order valence-corrected chi connectivity index (χ1v) is 51.8. The number of rotatable bonds is 31. The lowest BCUT2D eigenvalue weighted by Crippen LogP contribution is -2.43. The van der Waals surface area contributed by atoms with Gasteiger partial charge in [-0.05, 0) is 230 Å². The average molecular weight is 1930 g/mol. The minimum Gasteiger partial charge on any atom is -0.465 e. The fourth-order valence-electron chi connectivity index (χ4n) is 15.3. The second-order valence-corrected chi connectivity index (χ2v) is 41.3. The SMILES string of the molecule is CC(=O)OCc1ccc(C(C)C)cc1.CC(C)c1ccc(S(=O)(=O)N(C)C)cc1.CC(C)c1cccc(CCOC(=O)Cc2ccccc2)c1.CC(C)c1cccc(CN2CCN(C)CC2)c1.CC(C)c1cccc(COC(=O)Cc2ccccc2)c1.CC(C)c1cncc(Cl)c1.CCOC(=O)CN(C)Cc1cccc(C(C)C)c1.CCc1cccc(CC)c1C(C)C.Cc1cccc(C)c1C(C)C. The van der Waals surface area contributed by atoms with Crippen LogP contribution >= 0.6 is 11.6 Å². The molecule has 1 saturated heterocycles. The monoisotopic (exact) mass is 1930 g/mol. The molecule has 0 N–H and O–H groups in total. The lowest BCUT2D eigenvalue weighted by atomic mass is 9.90. The predicted molar refractivity (Wildman–Crippen MR) is 583 cm³/mol. The molecule has 0 amide bonds. The van der Waals surface area contributed by atoms with Crippen LogP contribution in [0.1, 0.15) is 317 Å². The molecule has 754 valence electrons. The number of esters is 4. The third kappa shape index (κ3) is 47.9. The van der Waals surface area contributed by atoms with E-state index in [9.17, 15) is 27.6 Å². The Labute approximate surface area is 844 Å². The van der Waals surface area contributed by atoms with Crippen molar-refractivity contribution in [3.8, 4) is 0 Å². The maximum atomic E-state index is 11.8. The van der Waals surface area contributed by atoms with Gasteiger partial charge in [0.2, 0.25) is 10.0 Å². The van der Waals surface area contributed by atoms with E-state index in [2.05, 4.69) is 308 Å². The largest absolute Gasteiger partial charge is 0.465 e. The minimum atomic E-state index is -3.29. The zero-order chi connectivity index (χ0) is 103. The molecular formula is C122H168ClN5O10S. The normalized spacial score (nSPS) is 11.8. The summed E-state index contributed by atoms with van der Waals surface area (Å²) < 4.78 is 45.2. The number of aryl methyl sites for hydroxylation is 4. The Hall–Kier alpha value is -10.7. The van der Waals surface area contributed by atoms with Crippen molar-refractivity contribution >= 4 is 45.5 Å². The van der Waals surface area contributed by atoms with Crippen molar-refractivity contribution in [1.82, 2.24) is 24.0 Å². The van der Waals surface area contributed by atoms with Gasteiger partial charge in [-0.15, -0.1) is 0 Å². The Kier molecular flexibility index (Phi) is 56.7. The molecule has 2 heterocycles. The van der Waals surface area contributed by atoms with Crippen LogP contribution in [0.2, 0.25) is 5.02 Å². The molecule has 0 atom stereocenters. The summed E-state index contributed by atoms with van der Waals surface area (Å²) in [7, 11) is 3.92. The molecule has 12 rings (SSSR count). The molecule has 0 radical (unpaired) electrons. The van der Waals surface area contributed by atoms with Crippen molar-refractivity contribution in [1.29, 1.82) is 0 Å². The van der Waals surface area contributed by atoms with Crippen LogP contribution in [0.4, 0.5) is 0 Å². The van der Waals surface area contributed by atoms with E-state index < -0.39 is 10.0 Å². The Morgan fingerprint density at radius 2 is 0.784 bits per heavy atom. The number of carbonyl (C=O) groups excluding carboxylic acids is 4. The van der Waals surface area contributed by atoms with Crippen molar-refractivity contribution < 1.29 is 46.5 Å². The maximum absolute atomic E-state index is 11.8. The number of benzene rings is 10. The highest BCUT2D eigenvalue weighted by atomic mass is 35.5. The highest BCUT2D eigenvalue weighted by Crippen LogP contribution is 2.28. The summed E-state index contributed by atoms with van der Waals surface area (Å²) in [4.78, 5) is 56.7. The first-order valence-electron chi connectivity index (χ1n) is 50.0. The lowest BCUT2D eigenvalue weighted by molar-refractivity contribution is -0.145. The van der Waals surface area contributed by atoms with Crippen LogP contribution in [-0.2, 0) is 107 Å². The van der Waals surface area contributed by atoms with Crippen LogP contribution in [0.15, 0.2) is 266 Å². The zero-order valence-electron chi connectivity index (χ0n) is 89.4. The number of aromatic nitrogens is 1. The number of likely N-dealkylation sites (N-methyl/N-ethyl adjacent to an activating group) is 2. The topological polar surface area (TPSA) is 165 Å². The Morgan fingerprint density at radius 3 is 1.20 bits per heavy atom. The van der Waals surface area contributed by atoms with E-state index in [4.69, 9.17) is 30.5 Å². The Morgan fingerprint density at radius 1 is 0.388 bits per heavy atom. The van der Waals surface area contributed by atoms with Gasteiger partial charge in [0.15, 0.2) is 0 Å². The van der Waals surface area contributed by atoms with Gasteiger partial charge in [0.1, 0.15) is 13.2 Å². The van der Waals surface area contributed by atoms with Gasteiger partial charge in [0, 0.05) is 79.1 Å². The van der Waals surface area contributed by atoms with Crippen molar-refractivity contribution in [2.45, 2.75) is 283 Å². The van der Waals surface area contributed by atoms with Crippen LogP contribution < -0.4 is 0 Å². The second-order valence-electron chi connectivity index (χ2n) is 38.7. The molecule has 1 aromatic heterocycles. The summed E-state index contributed by atoms with van der Waals surface area (Å²) in [5.41, 5.74) is 25.9. The lowest BCUT2D eigenvalue weighted by Gasteiger charge is -2.32. The molecular weight excluding hydrogens is 1760 g/mol. The zero-order valence-corrected chi connectivity index (χ0v) is 91.0. The molecule has 15 nitrogen and oxygen atoms in total. The van der Waals surface area contributed by atoms with Crippen LogP contribution in [0.25, 0.3) is 0 Å². The van der Waals surface area contributed by atoms with Crippen LogP contribution in [0.3, 0.4) is 0 Å². The van der Waals surface area contributed by atoms with Crippen LogP contribution in [-0.4, -0.2) is 130 Å². The molecule has 0 aliphatic carbocycles. The smallest absolute Gasteiger partial charge is 0.320 e. The molecule has 10 aromatic carbocycles. The predicted octanol–water partition coefficient (Wildman–Crippen LogP) is 28.8. The maximum Gasteiger partial charge on any atom is 0.320 e. The number of hydrogen-bond donors (Lipinski definition) is 0. The van der Waals surface area contributed by atoms with Gasteiger partial charge in [-0.2, -0.15) is 0 Å². The Balaban J connectivity index is 0.000000329. The van der Waals surface area contributed by atoms with E-state index in [1.165, 1.54) is 129 Å². The molecule has 1 aliphatic rings. The highest BCUT2D eigenvalue weighted by molar-refractivity contribution is 7.89. The van der Waals surface area contributed by atoms with Crippen molar-refractivity contribution in [2.24, 2.45) is 0 Å². The van der Waals surface area contributed by atoms with Crippen molar-refractivity contribution in [3.05, 3.63) is 377 Å². The second kappa shape index (κ2) is 65.3. The summed E-state index contributed by atoms with van der Waals surface area (Å²) >= 11 is 5.73. The number of ether oxygens (including phenoxy) is 4. The summed E-state index contributed by atoms with van der Waals surface area (Å²) in [6.45, 7) is 60.0. The van der Waals surface area contributed by atoms with E-state index >= 15 is 0 Å². The van der Waals surface area contributed by atoms with Crippen molar-refractivity contribution in [2.75, 3.05) is 74.1 Å². The number of nitrogens with zero attached hydrogens (tertiary/aromatic N) is 5. The van der Waals surface area contributed by atoms with Gasteiger partial charge in [0.05, 0.1) is 42.5 Å². The van der Waals surface area contributed by atoms with Gasteiger partial charge in [0.25, 0.3) is 0 Å². The number of hydrogen-bond acceptors (Lipinski definition) is 14. The molecule has 0 bridgehead atoms. The number of sulfonamides is 1. The molecule has 0 unspecified atom stereocenters. The van der Waals surface area contributed by atoms with E-state index in [1.54, 1.807) is 23.9 Å². The minimum absolute atomic E-state index is 0.166. The number of piperazine rings is 1. The summed E-state index contributed by atoms with van der Waals surface area (Å²) in [6.07, 6.45) is 7.23. The van der Waals surface area contributed by atoms with Gasteiger partial charge < -0.3 is 23.8 Å². The Bertz CT molecular complexity index is 5410. The number of carbonyl (C=O) groups is 4. The number of pyridine rings is 1. The third-order valence-electron chi connectivity index (χ3n) is 23.6. The quantitative estimate of drug-likeness (QED) is 0.0298. The standard InChI is InChI=1S/C19H22O2.C18H20O2.C15H24N2.C15H23NO2.C13H20.C12H16O2.C11H17NO2S.C11H16.C8H10ClN/c1-15(2)18-10-6-9-17(13-18)11-12-21-19(20)14-16-7-4-3-5-8-16;1-14(2)17-10-6-9-16(11-17)13-20-18(19)12-15-7-4-3-5-8-15;1-13(2)15-6-4-5-14(11-15)12-17-9-7-16(3)8-10-17;1-5-18-15(17)11-16(4)10-13-7-6-8-14(9-13)12(2)3;1-5-11-8-7-9-12(6-2)13(11)10(3)4;1-9(2)12-6-4-11(5-7-12)8-14-10(3)13;1-9(2)10-5-7-11(8-6-10)15(13,14)12(3)4;1-8(2)11-9(3)6-5-7-10(11)4;1-6(2)7-3-8(9)5-10-4-7/h3-10,13,15H,11-12,14H2,1-2H3;3-11,14H,12-13H2,1-2H3;4-6,11,13H,7-10,12H2,1-3H3;6-9,12H,5,10-11H2,1-4H3;7-10H,5-6H2,1-4H3;4-7,9H,8H2,1-3H3;5-9H,1-4H3;5-8H,1-4H3;3-6H,1-2H3. The van der Waals surface area contributed by atoms with Gasteiger partial charge >= 0.3 is 23.9 Å². The summed E-state index contributed by atoms with van der Waals surface area (Å²) in [6, 6.07) is 83.9. The van der Waals surface area contributed by atoms with Gasteiger partial charge in [-0.1, -0.05) is 381 Å². The molecule has 17 heteroatoms. The first-order chi connectivity index (χ1) is 65.9. The van der Waals surface area contributed by atoms with Crippen LogP contribution in [0.5, 0.6) is 0 Å². The third-order valence-corrected chi connectivity index (χ3v) is 25.7. The van der Waals surface area contributed by atoms with Gasteiger partial charge in [-0.25, -0.2) is 12.7 Å². The van der Waals surface area contributed by atoms with E-state index in [0.717, 1.165) is 60.2 Å².